The number of benzene rings is 2. The van der Waals surface area contributed by atoms with Crippen LogP contribution in [0.2, 0.25) is 0 Å². The lowest BCUT2D eigenvalue weighted by molar-refractivity contribution is 0.497. The molecule has 108 valence electrons. The summed E-state index contributed by atoms with van der Waals surface area (Å²) < 4.78 is 0. The van der Waals surface area contributed by atoms with Crippen molar-refractivity contribution in [1.29, 1.82) is 5.26 Å². The fourth-order valence-electron chi connectivity index (χ4n) is 2.23. The standard InChI is InChI=1S/C15H15BrN4S/c1-21-15(19-18)20(10-16)9-12-7-6-11(8-17)13-4-2-3-5-14(12)13/h2-7H,9-10,18H2,1H3/b19-15+. The van der Waals surface area contributed by atoms with Gasteiger partial charge < -0.3 is 10.7 Å². The van der Waals surface area contributed by atoms with Crippen molar-refractivity contribution >= 4 is 43.6 Å². The summed E-state index contributed by atoms with van der Waals surface area (Å²) in [5.41, 5.74) is 2.47. The van der Waals surface area contributed by atoms with Gasteiger partial charge in [-0.3, -0.25) is 0 Å². The van der Waals surface area contributed by atoms with E-state index in [1.807, 2.05) is 47.6 Å². The molecule has 2 rings (SSSR count). The lowest BCUT2D eigenvalue weighted by Gasteiger charge is -2.22. The van der Waals surface area contributed by atoms with Gasteiger partial charge in [-0.1, -0.05) is 58.0 Å². The van der Waals surface area contributed by atoms with Gasteiger partial charge >= 0.3 is 0 Å². The molecule has 2 aromatic carbocycles. The number of amidine groups is 1. The summed E-state index contributed by atoms with van der Waals surface area (Å²) >= 11 is 4.98. The maximum absolute atomic E-state index is 9.21. The van der Waals surface area contributed by atoms with Gasteiger partial charge in [-0.05, 0) is 28.7 Å². The highest BCUT2D eigenvalue weighted by Crippen LogP contribution is 2.24. The number of hydrogen-bond acceptors (Lipinski definition) is 4. The van der Waals surface area contributed by atoms with Crippen LogP contribution in [0, 0.1) is 11.3 Å². The van der Waals surface area contributed by atoms with Crippen LogP contribution in [0.5, 0.6) is 0 Å². The average molecular weight is 363 g/mol. The molecule has 0 unspecified atom stereocenters. The minimum absolute atomic E-state index is 0.637. The van der Waals surface area contributed by atoms with Crippen LogP contribution in [0.3, 0.4) is 0 Å². The highest BCUT2D eigenvalue weighted by molar-refractivity contribution is 9.09. The summed E-state index contributed by atoms with van der Waals surface area (Å²) in [7, 11) is 0. The van der Waals surface area contributed by atoms with Crippen LogP contribution in [0.25, 0.3) is 10.8 Å². The molecule has 0 atom stereocenters. The van der Waals surface area contributed by atoms with Gasteiger partial charge in [-0.2, -0.15) is 10.4 Å². The van der Waals surface area contributed by atoms with Gasteiger partial charge in [0.2, 0.25) is 0 Å². The molecule has 6 heteroatoms. The number of rotatable bonds is 3. The average Bonchev–Trinajstić information content (AvgIpc) is 2.55. The van der Waals surface area contributed by atoms with E-state index >= 15 is 0 Å². The normalized spacial score (nSPS) is 11.4. The third-order valence-electron chi connectivity index (χ3n) is 3.20. The third-order valence-corrected chi connectivity index (χ3v) is 4.54. The Morgan fingerprint density at radius 2 is 2.05 bits per heavy atom. The molecule has 0 aliphatic rings. The second-order valence-electron chi connectivity index (χ2n) is 4.36. The number of hydrogen-bond donors (Lipinski definition) is 1. The number of hydrazone groups is 1. The second-order valence-corrected chi connectivity index (χ2v) is 5.64. The number of nitrogens with two attached hydrogens (primary N) is 1. The van der Waals surface area contributed by atoms with Crippen LogP contribution >= 0.6 is 27.7 Å². The van der Waals surface area contributed by atoms with E-state index in [9.17, 15) is 5.26 Å². The van der Waals surface area contributed by atoms with Gasteiger partial charge in [0.1, 0.15) is 0 Å². The van der Waals surface area contributed by atoms with Crippen LogP contribution in [-0.4, -0.2) is 21.8 Å². The van der Waals surface area contributed by atoms with E-state index in [-0.39, 0.29) is 0 Å². The Morgan fingerprint density at radius 3 is 2.62 bits per heavy atom. The lowest BCUT2D eigenvalue weighted by Crippen LogP contribution is -2.27. The van der Waals surface area contributed by atoms with E-state index in [1.165, 1.54) is 11.8 Å². The first-order chi connectivity index (χ1) is 10.2. The molecule has 0 fully saturated rings. The molecule has 4 nitrogen and oxygen atoms in total. The van der Waals surface area contributed by atoms with Crippen LogP contribution in [0.4, 0.5) is 0 Å². The van der Waals surface area contributed by atoms with E-state index < -0.39 is 0 Å². The molecular weight excluding hydrogens is 348 g/mol. The van der Waals surface area contributed by atoms with E-state index in [0.717, 1.165) is 21.5 Å². The highest BCUT2D eigenvalue weighted by Gasteiger charge is 2.12. The molecule has 0 amide bonds. The molecule has 0 spiro atoms. The zero-order chi connectivity index (χ0) is 15.2. The first kappa shape index (κ1) is 15.7. The Morgan fingerprint density at radius 1 is 1.33 bits per heavy atom. The van der Waals surface area contributed by atoms with Gasteiger partial charge in [0.25, 0.3) is 0 Å². The van der Waals surface area contributed by atoms with Gasteiger partial charge in [-0.15, -0.1) is 0 Å². The zero-order valence-corrected chi connectivity index (χ0v) is 14.0. The van der Waals surface area contributed by atoms with Crippen molar-refractivity contribution in [2.45, 2.75) is 6.54 Å². The molecule has 0 bridgehead atoms. The molecule has 0 aromatic heterocycles. The Balaban J connectivity index is 2.46. The molecule has 0 aliphatic carbocycles. The molecule has 0 saturated heterocycles. The van der Waals surface area contributed by atoms with E-state index in [1.54, 1.807) is 0 Å². The maximum Gasteiger partial charge on any atom is 0.183 e. The molecule has 2 N–H and O–H groups in total. The molecule has 0 radical (unpaired) electrons. The van der Waals surface area contributed by atoms with Crippen LogP contribution in [-0.2, 0) is 6.54 Å². The van der Waals surface area contributed by atoms with Crippen molar-refractivity contribution in [2.75, 3.05) is 11.7 Å². The lowest BCUT2D eigenvalue weighted by atomic mass is 10.00. The first-order valence-electron chi connectivity index (χ1n) is 6.28. The predicted molar refractivity (Wildman–Crippen MR) is 93.1 cm³/mol. The van der Waals surface area contributed by atoms with Crippen molar-refractivity contribution in [1.82, 2.24) is 4.90 Å². The Labute approximate surface area is 136 Å². The largest absolute Gasteiger partial charge is 0.336 e. The Kier molecular flexibility index (Phi) is 5.48. The molecule has 0 heterocycles. The van der Waals surface area contributed by atoms with Crippen molar-refractivity contribution in [3.63, 3.8) is 0 Å². The quantitative estimate of drug-likeness (QED) is 0.227. The monoisotopic (exact) mass is 362 g/mol. The Hall–Kier alpha value is -1.71. The number of nitrogens with zero attached hydrogens (tertiary/aromatic N) is 3. The summed E-state index contributed by atoms with van der Waals surface area (Å²) in [4.78, 5) is 2.04. The van der Waals surface area contributed by atoms with Crippen molar-refractivity contribution in [3.05, 3.63) is 47.5 Å². The van der Waals surface area contributed by atoms with Crippen LogP contribution < -0.4 is 5.84 Å². The maximum atomic E-state index is 9.21. The summed E-state index contributed by atoms with van der Waals surface area (Å²) in [5.74, 6) is 5.43. The fourth-order valence-corrected chi connectivity index (χ4v) is 3.30. The van der Waals surface area contributed by atoms with Crippen molar-refractivity contribution < 1.29 is 0 Å². The first-order valence-corrected chi connectivity index (χ1v) is 8.63. The van der Waals surface area contributed by atoms with Gasteiger partial charge in [0, 0.05) is 6.54 Å². The highest BCUT2D eigenvalue weighted by atomic mass is 79.9. The van der Waals surface area contributed by atoms with Gasteiger partial charge in [-0.25, -0.2) is 0 Å². The number of nitriles is 1. The second kappa shape index (κ2) is 7.34. The molecule has 0 aliphatic heterocycles. The number of thioether (sulfide) groups is 1. The minimum atomic E-state index is 0.637. The predicted octanol–water partition coefficient (Wildman–Crippen LogP) is 3.46. The van der Waals surface area contributed by atoms with Crippen molar-refractivity contribution in [2.24, 2.45) is 10.9 Å². The van der Waals surface area contributed by atoms with E-state index in [2.05, 4.69) is 27.1 Å². The van der Waals surface area contributed by atoms with Crippen LogP contribution in [0.1, 0.15) is 11.1 Å². The fraction of sp³-hybridized carbons (Fsp3) is 0.200. The van der Waals surface area contributed by atoms with Gasteiger partial charge in [0.05, 0.1) is 17.1 Å². The zero-order valence-electron chi connectivity index (χ0n) is 11.6. The summed E-state index contributed by atoms with van der Waals surface area (Å²) in [6.07, 6.45) is 1.94. The molecule has 0 saturated carbocycles. The third kappa shape index (κ3) is 3.31. The molecular formula is C15H15BrN4S. The smallest absolute Gasteiger partial charge is 0.183 e. The Bertz CT molecular complexity index is 708. The topological polar surface area (TPSA) is 65.4 Å². The van der Waals surface area contributed by atoms with Crippen molar-refractivity contribution in [3.8, 4) is 6.07 Å². The number of halogens is 1. The number of fused-ring (bicyclic) bond motifs is 1. The number of alkyl halides is 1. The van der Waals surface area contributed by atoms with Crippen LogP contribution in [0.15, 0.2) is 41.5 Å². The SMILES string of the molecule is CS/C(=N/N)N(CBr)Cc1ccc(C#N)c2ccccc12. The van der Waals surface area contributed by atoms with E-state index in [0.29, 0.717) is 17.6 Å². The molecule has 2 aromatic rings. The molecule has 21 heavy (non-hydrogen) atoms. The summed E-state index contributed by atoms with van der Waals surface area (Å²) in [6.45, 7) is 0.675. The summed E-state index contributed by atoms with van der Waals surface area (Å²) in [6, 6.07) is 14.0. The van der Waals surface area contributed by atoms with E-state index in [4.69, 9.17) is 5.84 Å². The minimum Gasteiger partial charge on any atom is -0.336 e. The van der Waals surface area contributed by atoms with Gasteiger partial charge in [0.15, 0.2) is 5.17 Å². The summed E-state index contributed by atoms with van der Waals surface area (Å²) in [5, 5.41) is 15.8.